The molecule has 28 heavy (non-hydrogen) atoms. The normalized spacial score (nSPS) is 19.3. The summed E-state index contributed by atoms with van der Waals surface area (Å²) >= 11 is 12.9. The van der Waals surface area contributed by atoms with Crippen molar-refractivity contribution in [2.24, 2.45) is 0 Å². The van der Waals surface area contributed by atoms with Crippen molar-refractivity contribution in [3.05, 3.63) is 75.3 Å². The van der Waals surface area contributed by atoms with Crippen LogP contribution in [-0.2, 0) is 17.9 Å². The molecule has 0 saturated carbocycles. The highest BCUT2D eigenvalue weighted by molar-refractivity contribution is 6.31. The first-order valence-corrected chi connectivity index (χ1v) is 10.3. The molecule has 5 nitrogen and oxygen atoms in total. The van der Waals surface area contributed by atoms with Crippen molar-refractivity contribution in [2.45, 2.75) is 32.1 Å². The molecule has 2 aliphatic rings. The van der Waals surface area contributed by atoms with Crippen LogP contribution < -0.4 is 0 Å². The van der Waals surface area contributed by atoms with E-state index in [4.69, 9.17) is 27.9 Å². The maximum absolute atomic E-state index is 6.49. The van der Waals surface area contributed by atoms with Gasteiger partial charge >= 0.3 is 0 Å². The Morgan fingerprint density at radius 3 is 2.64 bits per heavy atom. The second-order valence-electron chi connectivity index (χ2n) is 7.27. The second kappa shape index (κ2) is 7.48. The van der Waals surface area contributed by atoms with Crippen molar-refractivity contribution in [1.82, 2.24) is 19.7 Å². The van der Waals surface area contributed by atoms with Crippen LogP contribution >= 0.6 is 23.2 Å². The summed E-state index contributed by atoms with van der Waals surface area (Å²) in [7, 11) is 0. The van der Waals surface area contributed by atoms with E-state index in [1.165, 1.54) is 12.8 Å². The van der Waals surface area contributed by atoms with Gasteiger partial charge in [0.15, 0.2) is 11.6 Å². The highest BCUT2D eigenvalue weighted by Crippen LogP contribution is 2.39. The summed E-state index contributed by atoms with van der Waals surface area (Å²) < 4.78 is 8.41. The molecule has 144 valence electrons. The zero-order chi connectivity index (χ0) is 19.1. The Kier molecular flexibility index (Phi) is 4.85. The third-order valence-corrected chi connectivity index (χ3v) is 6.02. The fourth-order valence-electron chi connectivity index (χ4n) is 4.10. The number of fused-ring (bicyclic) bond motifs is 3. The number of likely N-dealkylation sites (tertiary alicyclic amines) is 1. The first-order valence-electron chi connectivity index (χ1n) is 9.52. The van der Waals surface area contributed by atoms with E-state index in [9.17, 15) is 0 Å². The lowest BCUT2D eigenvalue weighted by atomic mass is 9.99. The Morgan fingerprint density at radius 1 is 1.00 bits per heavy atom. The number of benzene rings is 2. The van der Waals surface area contributed by atoms with Crippen LogP contribution in [0.4, 0.5) is 0 Å². The average molecular weight is 415 g/mol. The summed E-state index contributed by atoms with van der Waals surface area (Å²) in [5, 5.41) is 10.2. The molecule has 1 fully saturated rings. The van der Waals surface area contributed by atoms with Crippen LogP contribution in [0.1, 0.15) is 41.7 Å². The van der Waals surface area contributed by atoms with E-state index in [1.54, 1.807) is 0 Å². The van der Waals surface area contributed by atoms with E-state index in [0.29, 0.717) is 16.7 Å². The largest absolute Gasteiger partial charge is 0.361 e. The first kappa shape index (κ1) is 18.1. The van der Waals surface area contributed by atoms with E-state index >= 15 is 0 Å². The van der Waals surface area contributed by atoms with Crippen molar-refractivity contribution in [1.29, 1.82) is 0 Å². The highest BCUT2D eigenvalue weighted by atomic mass is 35.5. The molecule has 3 heterocycles. The zero-order valence-corrected chi connectivity index (χ0v) is 16.8. The fourth-order valence-corrected chi connectivity index (χ4v) is 4.52. The van der Waals surface area contributed by atoms with Crippen LogP contribution in [0.3, 0.4) is 0 Å². The maximum atomic E-state index is 6.49. The molecule has 0 spiro atoms. The lowest BCUT2D eigenvalue weighted by Gasteiger charge is -2.20. The summed E-state index contributed by atoms with van der Waals surface area (Å²) in [5.74, 6) is 1.73. The zero-order valence-electron chi connectivity index (χ0n) is 15.3. The lowest BCUT2D eigenvalue weighted by molar-refractivity contribution is 0.0655. The van der Waals surface area contributed by atoms with Gasteiger partial charge in [0.25, 0.3) is 0 Å². The van der Waals surface area contributed by atoms with Gasteiger partial charge in [-0.2, -0.15) is 0 Å². The summed E-state index contributed by atoms with van der Waals surface area (Å²) in [6.45, 7) is 3.35. The van der Waals surface area contributed by atoms with Crippen molar-refractivity contribution >= 4 is 23.2 Å². The number of rotatable bonds is 3. The predicted molar refractivity (Wildman–Crippen MR) is 109 cm³/mol. The number of nitrogens with zero attached hydrogens (tertiary/aromatic N) is 4. The molecule has 1 atom stereocenters. The van der Waals surface area contributed by atoms with Crippen LogP contribution in [0.2, 0.25) is 10.0 Å². The Labute approximate surface area is 173 Å². The minimum atomic E-state index is -0.316. The quantitative estimate of drug-likeness (QED) is 0.617. The Bertz CT molecular complexity index is 1010. The topological polar surface area (TPSA) is 43.2 Å². The monoisotopic (exact) mass is 414 g/mol. The van der Waals surface area contributed by atoms with Crippen molar-refractivity contribution in [2.75, 3.05) is 13.1 Å². The van der Waals surface area contributed by atoms with Gasteiger partial charge in [-0.15, -0.1) is 10.2 Å². The SMILES string of the molecule is Clc1ccc2c(c1)C(c1ccccc1Cl)OCc1nnc(CN3CCCC3)n1-2. The molecule has 5 rings (SSSR count). The van der Waals surface area contributed by atoms with Crippen molar-refractivity contribution in [3.8, 4) is 5.69 Å². The van der Waals surface area contributed by atoms with Gasteiger partial charge < -0.3 is 4.74 Å². The van der Waals surface area contributed by atoms with Gasteiger partial charge in [0.05, 0.1) is 12.2 Å². The molecule has 2 aliphatic heterocycles. The van der Waals surface area contributed by atoms with Gasteiger partial charge in [0.1, 0.15) is 12.7 Å². The van der Waals surface area contributed by atoms with Crippen molar-refractivity contribution in [3.63, 3.8) is 0 Å². The van der Waals surface area contributed by atoms with E-state index < -0.39 is 0 Å². The van der Waals surface area contributed by atoms with Gasteiger partial charge in [-0.3, -0.25) is 9.47 Å². The third-order valence-electron chi connectivity index (χ3n) is 5.44. The van der Waals surface area contributed by atoms with Crippen molar-refractivity contribution < 1.29 is 4.74 Å². The lowest BCUT2D eigenvalue weighted by Crippen LogP contribution is -2.21. The molecule has 1 aromatic heterocycles. The first-order chi connectivity index (χ1) is 13.7. The molecule has 0 radical (unpaired) electrons. The summed E-state index contributed by atoms with van der Waals surface area (Å²) in [5.41, 5.74) is 2.90. The van der Waals surface area contributed by atoms with E-state index in [-0.39, 0.29) is 6.10 Å². The number of hydrogen-bond donors (Lipinski definition) is 0. The van der Waals surface area contributed by atoms with Crippen LogP contribution in [0, 0.1) is 0 Å². The van der Waals surface area contributed by atoms with Gasteiger partial charge in [-0.25, -0.2) is 0 Å². The summed E-state index contributed by atoms with van der Waals surface area (Å²) in [4.78, 5) is 2.42. The second-order valence-corrected chi connectivity index (χ2v) is 8.11. The van der Waals surface area contributed by atoms with Gasteiger partial charge in [-0.05, 0) is 50.2 Å². The molecule has 1 unspecified atom stereocenters. The van der Waals surface area contributed by atoms with Crippen LogP contribution in [0.25, 0.3) is 5.69 Å². The molecule has 1 saturated heterocycles. The predicted octanol–water partition coefficient (Wildman–Crippen LogP) is 4.79. The minimum Gasteiger partial charge on any atom is -0.361 e. The molecule has 0 aliphatic carbocycles. The molecule has 3 aromatic rings. The Balaban J connectivity index is 1.63. The maximum Gasteiger partial charge on any atom is 0.163 e. The molecule has 2 aromatic carbocycles. The molecular weight excluding hydrogens is 395 g/mol. The number of ether oxygens (including phenoxy) is 1. The Morgan fingerprint density at radius 2 is 1.82 bits per heavy atom. The standard InChI is InChI=1S/C21H20Cl2N4O/c22-14-7-8-18-16(11-14)21(15-5-1-2-6-17(15)23)28-13-20-25-24-19(27(18)20)12-26-9-3-4-10-26/h1-2,5-8,11,21H,3-4,9-10,12-13H2. The van der Waals surface area contributed by atoms with Gasteiger partial charge in [0.2, 0.25) is 0 Å². The molecule has 7 heteroatoms. The van der Waals surface area contributed by atoms with Crippen LogP contribution in [-0.4, -0.2) is 32.8 Å². The molecular formula is C21H20Cl2N4O. The summed E-state index contributed by atoms with van der Waals surface area (Å²) in [6.07, 6.45) is 2.17. The fraction of sp³-hybridized carbons (Fsp3) is 0.333. The number of aromatic nitrogens is 3. The van der Waals surface area contributed by atoms with Gasteiger partial charge in [0, 0.05) is 21.2 Å². The number of hydrogen-bond acceptors (Lipinski definition) is 4. The molecule has 0 amide bonds. The Hall–Kier alpha value is -1.92. The van der Waals surface area contributed by atoms with E-state index in [2.05, 4.69) is 19.7 Å². The summed E-state index contributed by atoms with van der Waals surface area (Å²) in [6, 6.07) is 13.7. The van der Waals surface area contributed by atoms with Crippen LogP contribution in [0.5, 0.6) is 0 Å². The van der Waals surface area contributed by atoms with Crippen LogP contribution in [0.15, 0.2) is 42.5 Å². The molecule has 0 bridgehead atoms. The van der Waals surface area contributed by atoms with E-state index in [1.807, 2.05) is 42.5 Å². The smallest absolute Gasteiger partial charge is 0.163 e. The van der Waals surface area contributed by atoms with Gasteiger partial charge in [-0.1, -0.05) is 41.4 Å². The van der Waals surface area contributed by atoms with E-state index in [0.717, 1.165) is 48.1 Å². The molecule has 0 N–H and O–H groups in total. The highest BCUT2D eigenvalue weighted by Gasteiger charge is 2.29. The third kappa shape index (κ3) is 3.22. The number of halogens is 2. The minimum absolute atomic E-state index is 0.316. The average Bonchev–Trinajstić information content (AvgIpc) is 3.31.